The summed E-state index contributed by atoms with van der Waals surface area (Å²) >= 11 is 6.03. The van der Waals surface area contributed by atoms with E-state index in [0.29, 0.717) is 0 Å². The number of ether oxygens (including phenoxy) is 1. The van der Waals surface area contributed by atoms with Crippen molar-refractivity contribution in [1.29, 1.82) is 0 Å². The number of halogens is 1. The van der Waals surface area contributed by atoms with Crippen LogP contribution in [-0.4, -0.2) is 6.04 Å². The molecule has 1 aliphatic carbocycles. The highest BCUT2D eigenvalue weighted by molar-refractivity contribution is 6.31. The van der Waals surface area contributed by atoms with Crippen molar-refractivity contribution in [2.24, 2.45) is 0 Å². The highest BCUT2D eigenvalue weighted by atomic mass is 35.5. The van der Waals surface area contributed by atoms with E-state index >= 15 is 0 Å². The Morgan fingerprint density at radius 1 is 1.05 bits per heavy atom. The lowest BCUT2D eigenvalue weighted by molar-refractivity contribution is 0.481. The molecule has 0 amide bonds. The molecule has 0 saturated heterocycles. The molecule has 3 rings (SSSR count). The van der Waals surface area contributed by atoms with E-state index in [-0.39, 0.29) is 0 Å². The number of hydrogen-bond acceptors (Lipinski definition) is 2. The number of hydrogen-bond donors (Lipinski definition) is 1. The highest BCUT2D eigenvalue weighted by Gasteiger charge is 2.20. The minimum absolute atomic E-state index is 0.734. The summed E-state index contributed by atoms with van der Waals surface area (Å²) in [6.07, 6.45) is 2.63. The molecule has 0 spiro atoms. The van der Waals surface area contributed by atoms with Gasteiger partial charge >= 0.3 is 0 Å². The zero-order chi connectivity index (χ0) is 14.8. The average molecular weight is 302 g/mol. The largest absolute Gasteiger partial charge is 0.457 e. The number of benzene rings is 2. The van der Waals surface area contributed by atoms with Crippen LogP contribution in [0.15, 0.2) is 36.4 Å². The zero-order valence-corrected chi connectivity index (χ0v) is 13.2. The van der Waals surface area contributed by atoms with Crippen molar-refractivity contribution in [2.45, 2.75) is 39.3 Å². The molecule has 110 valence electrons. The van der Waals surface area contributed by atoms with Crippen LogP contribution in [0.3, 0.4) is 0 Å². The van der Waals surface area contributed by atoms with Crippen LogP contribution < -0.4 is 10.1 Å². The van der Waals surface area contributed by atoms with Crippen LogP contribution in [0, 0.1) is 13.8 Å². The molecule has 0 bridgehead atoms. The van der Waals surface area contributed by atoms with Crippen molar-refractivity contribution in [2.75, 3.05) is 0 Å². The van der Waals surface area contributed by atoms with Gasteiger partial charge in [-0.2, -0.15) is 0 Å². The summed E-state index contributed by atoms with van der Waals surface area (Å²) < 4.78 is 5.91. The summed E-state index contributed by atoms with van der Waals surface area (Å²) in [5.41, 5.74) is 3.61. The summed E-state index contributed by atoms with van der Waals surface area (Å²) in [7, 11) is 0. The van der Waals surface area contributed by atoms with Crippen LogP contribution in [-0.2, 0) is 6.54 Å². The van der Waals surface area contributed by atoms with Crippen molar-refractivity contribution in [3.63, 3.8) is 0 Å². The number of nitrogens with one attached hydrogen (secondary N) is 1. The Labute approximate surface area is 131 Å². The monoisotopic (exact) mass is 301 g/mol. The van der Waals surface area contributed by atoms with E-state index in [9.17, 15) is 0 Å². The third kappa shape index (κ3) is 3.78. The molecule has 0 atom stereocenters. The van der Waals surface area contributed by atoms with Crippen molar-refractivity contribution in [3.8, 4) is 11.5 Å². The zero-order valence-electron chi connectivity index (χ0n) is 12.4. The predicted octanol–water partition coefficient (Wildman–Crippen LogP) is 5.00. The second kappa shape index (κ2) is 6.08. The van der Waals surface area contributed by atoms with Crippen molar-refractivity contribution in [3.05, 3.63) is 58.1 Å². The maximum absolute atomic E-state index is 6.03. The smallest absolute Gasteiger partial charge is 0.127 e. The van der Waals surface area contributed by atoms with Gasteiger partial charge in [0.2, 0.25) is 0 Å². The average Bonchev–Trinajstić information content (AvgIpc) is 3.26. The number of aryl methyl sites for hydroxylation is 2. The summed E-state index contributed by atoms with van der Waals surface area (Å²) in [5, 5.41) is 4.31. The van der Waals surface area contributed by atoms with Gasteiger partial charge in [-0.1, -0.05) is 17.7 Å². The highest BCUT2D eigenvalue weighted by Crippen LogP contribution is 2.27. The maximum atomic E-state index is 6.03. The Kier molecular flexibility index (Phi) is 4.18. The fourth-order valence-electron chi connectivity index (χ4n) is 2.29. The Balaban J connectivity index is 1.70. The van der Waals surface area contributed by atoms with E-state index in [1.165, 1.54) is 24.0 Å². The van der Waals surface area contributed by atoms with Gasteiger partial charge in [0.15, 0.2) is 0 Å². The SMILES string of the molecule is Cc1cc(Oc2ccc(CNC3CC3)c(C)c2)ccc1Cl. The second-order valence-electron chi connectivity index (χ2n) is 5.76. The molecule has 1 N–H and O–H groups in total. The molecule has 3 heteroatoms. The first-order valence-electron chi connectivity index (χ1n) is 7.39. The fourth-order valence-corrected chi connectivity index (χ4v) is 2.41. The Hall–Kier alpha value is -1.51. The van der Waals surface area contributed by atoms with Crippen molar-refractivity contribution >= 4 is 11.6 Å². The van der Waals surface area contributed by atoms with E-state index < -0.39 is 0 Å². The van der Waals surface area contributed by atoms with Gasteiger partial charge in [0.25, 0.3) is 0 Å². The summed E-state index contributed by atoms with van der Waals surface area (Å²) in [6.45, 7) is 5.05. The minimum Gasteiger partial charge on any atom is -0.457 e. The van der Waals surface area contributed by atoms with E-state index in [0.717, 1.165) is 34.7 Å². The van der Waals surface area contributed by atoms with Gasteiger partial charge in [0.05, 0.1) is 0 Å². The van der Waals surface area contributed by atoms with E-state index in [1.54, 1.807) is 0 Å². The van der Waals surface area contributed by atoms with Crippen LogP contribution in [0.5, 0.6) is 11.5 Å². The summed E-state index contributed by atoms with van der Waals surface area (Å²) in [5.74, 6) is 1.68. The first-order chi connectivity index (χ1) is 10.1. The Bertz CT molecular complexity index is 650. The van der Waals surface area contributed by atoms with Crippen molar-refractivity contribution in [1.82, 2.24) is 5.32 Å². The van der Waals surface area contributed by atoms with Gasteiger partial charge in [-0.15, -0.1) is 0 Å². The molecule has 2 aromatic rings. The van der Waals surface area contributed by atoms with Gasteiger partial charge in [-0.3, -0.25) is 0 Å². The van der Waals surface area contributed by atoms with Gasteiger partial charge in [-0.25, -0.2) is 0 Å². The summed E-state index contributed by atoms with van der Waals surface area (Å²) in [6, 6.07) is 12.7. The lowest BCUT2D eigenvalue weighted by Crippen LogP contribution is -2.15. The molecule has 1 saturated carbocycles. The van der Waals surface area contributed by atoms with E-state index in [1.807, 2.05) is 31.2 Å². The van der Waals surface area contributed by atoms with Gasteiger partial charge in [0.1, 0.15) is 11.5 Å². The Morgan fingerprint density at radius 2 is 1.71 bits per heavy atom. The quantitative estimate of drug-likeness (QED) is 0.839. The maximum Gasteiger partial charge on any atom is 0.127 e. The minimum atomic E-state index is 0.734. The molecule has 0 unspecified atom stereocenters. The molecule has 0 heterocycles. The molecule has 2 aromatic carbocycles. The van der Waals surface area contributed by atoms with Gasteiger partial charge in [-0.05, 0) is 73.7 Å². The Morgan fingerprint density at radius 3 is 2.33 bits per heavy atom. The molecule has 1 aliphatic rings. The normalized spacial score (nSPS) is 14.2. The molecule has 0 aliphatic heterocycles. The first-order valence-corrected chi connectivity index (χ1v) is 7.76. The van der Waals surface area contributed by atoms with Crippen LogP contribution in [0.4, 0.5) is 0 Å². The van der Waals surface area contributed by atoms with Gasteiger partial charge < -0.3 is 10.1 Å². The van der Waals surface area contributed by atoms with Crippen molar-refractivity contribution < 1.29 is 4.74 Å². The predicted molar refractivity (Wildman–Crippen MR) is 87.3 cm³/mol. The third-order valence-electron chi connectivity index (χ3n) is 3.84. The lowest BCUT2D eigenvalue weighted by atomic mass is 10.1. The second-order valence-corrected chi connectivity index (χ2v) is 6.16. The van der Waals surface area contributed by atoms with Crippen LogP contribution in [0.1, 0.15) is 29.5 Å². The molecule has 21 heavy (non-hydrogen) atoms. The van der Waals surface area contributed by atoms with E-state index in [2.05, 4.69) is 24.4 Å². The lowest BCUT2D eigenvalue weighted by Gasteiger charge is -2.11. The molecule has 1 fully saturated rings. The molecule has 2 nitrogen and oxygen atoms in total. The van der Waals surface area contributed by atoms with Gasteiger partial charge in [0, 0.05) is 17.6 Å². The van der Waals surface area contributed by atoms with Crippen LogP contribution >= 0.6 is 11.6 Å². The third-order valence-corrected chi connectivity index (χ3v) is 4.26. The molecule has 0 aromatic heterocycles. The van der Waals surface area contributed by atoms with Crippen LogP contribution in [0.25, 0.3) is 0 Å². The van der Waals surface area contributed by atoms with E-state index in [4.69, 9.17) is 16.3 Å². The summed E-state index contributed by atoms with van der Waals surface area (Å²) in [4.78, 5) is 0. The molecular formula is C18H20ClNO. The number of rotatable bonds is 5. The van der Waals surface area contributed by atoms with Crippen LogP contribution in [0.2, 0.25) is 5.02 Å². The first kappa shape index (κ1) is 14.4. The molecular weight excluding hydrogens is 282 g/mol. The molecule has 0 radical (unpaired) electrons. The standard InChI is InChI=1S/C18H20ClNO/c1-12-9-16(6-3-14(12)11-20-15-4-5-15)21-17-7-8-18(19)13(2)10-17/h3,6-10,15,20H,4-5,11H2,1-2H3. The topological polar surface area (TPSA) is 21.3 Å². The fraction of sp³-hybridized carbons (Fsp3) is 0.333.